The van der Waals surface area contributed by atoms with E-state index in [4.69, 9.17) is 5.73 Å². The van der Waals surface area contributed by atoms with Crippen LogP contribution in [0.2, 0.25) is 0 Å². The third kappa shape index (κ3) is 2.46. The molecule has 4 nitrogen and oxygen atoms in total. The molecule has 2 N–H and O–H groups in total. The van der Waals surface area contributed by atoms with Gasteiger partial charge in [-0.3, -0.25) is 0 Å². The van der Waals surface area contributed by atoms with Crippen LogP contribution in [0.25, 0.3) is 11.5 Å². The minimum atomic E-state index is -0.354. The van der Waals surface area contributed by atoms with Gasteiger partial charge in [-0.05, 0) is 49.4 Å². The van der Waals surface area contributed by atoms with Crippen LogP contribution in [0, 0.1) is 11.7 Å². The summed E-state index contributed by atoms with van der Waals surface area (Å²) in [7, 11) is 0. The molecule has 19 heavy (non-hydrogen) atoms. The standard InChI is InChI=1S/C14H15FN4/c15-11-2-4-13(17-8-11)14-18-7-10-5-9(6-16)1-3-12(10)19-14/h2,4,7-9H,1,3,5-6,16H2. The van der Waals surface area contributed by atoms with Gasteiger partial charge in [0.05, 0.1) is 6.20 Å². The van der Waals surface area contributed by atoms with Gasteiger partial charge in [-0.2, -0.15) is 0 Å². The summed E-state index contributed by atoms with van der Waals surface area (Å²) < 4.78 is 12.8. The molecule has 1 unspecified atom stereocenters. The lowest BCUT2D eigenvalue weighted by atomic mass is 9.87. The van der Waals surface area contributed by atoms with Crippen LogP contribution in [-0.2, 0) is 12.8 Å². The summed E-state index contributed by atoms with van der Waals surface area (Å²) in [6.07, 6.45) is 5.97. The predicted octanol–water partition coefficient (Wildman–Crippen LogP) is 1.74. The third-order valence-corrected chi connectivity index (χ3v) is 3.54. The predicted molar refractivity (Wildman–Crippen MR) is 69.8 cm³/mol. The van der Waals surface area contributed by atoms with Crippen molar-refractivity contribution in [1.29, 1.82) is 0 Å². The van der Waals surface area contributed by atoms with E-state index >= 15 is 0 Å². The molecule has 3 rings (SSSR count). The minimum Gasteiger partial charge on any atom is -0.330 e. The van der Waals surface area contributed by atoms with Gasteiger partial charge in [0.1, 0.15) is 11.5 Å². The van der Waals surface area contributed by atoms with E-state index in [2.05, 4.69) is 15.0 Å². The number of pyridine rings is 1. The zero-order valence-corrected chi connectivity index (χ0v) is 10.5. The van der Waals surface area contributed by atoms with E-state index in [1.807, 2.05) is 6.20 Å². The molecular formula is C14H15FN4. The number of aryl methyl sites for hydroxylation is 1. The lowest BCUT2D eigenvalue weighted by Gasteiger charge is -2.22. The van der Waals surface area contributed by atoms with Gasteiger partial charge in [0.2, 0.25) is 0 Å². The Morgan fingerprint density at radius 3 is 2.89 bits per heavy atom. The Morgan fingerprint density at radius 1 is 1.26 bits per heavy atom. The molecule has 1 aliphatic rings. The first-order valence-corrected chi connectivity index (χ1v) is 6.43. The fourth-order valence-corrected chi connectivity index (χ4v) is 2.42. The summed E-state index contributed by atoms with van der Waals surface area (Å²) in [4.78, 5) is 12.9. The van der Waals surface area contributed by atoms with E-state index in [0.717, 1.165) is 25.0 Å². The summed E-state index contributed by atoms with van der Waals surface area (Å²) in [6, 6.07) is 2.97. The Balaban J connectivity index is 1.92. The maximum Gasteiger partial charge on any atom is 0.178 e. The molecule has 98 valence electrons. The molecule has 0 radical (unpaired) electrons. The molecule has 0 fully saturated rings. The molecule has 0 amide bonds. The molecule has 0 bridgehead atoms. The summed E-state index contributed by atoms with van der Waals surface area (Å²) in [5.41, 5.74) is 8.56. The summed E-state index contributed by atoms with van der Waals surface area (Å²) in [5.74, 6) is 0.739. The van der Waals surface area contributed by atoms with Gasteiger partial charge in [-0.1, -0.05) is 0 Å². The van der Waals surface area contributed by atoms with E-state index in [1.54, 1.807) is 6.07 Å². The van der Waals surface area contributed by atoms with Crippen LogP contribution in [0.15, 0.2) is 24.5 Å². The lowest BCUT2D eigenvalue weighted by molar-refractivity contribution is 0.462. The lowest BCUT2D eigenvalue weighted by Crippen LogP contribution is -2.23. The first-order chi connectivity index (χ1) is 9.26. The quantitative estimate of drug-likeness (QED) is 0.891. The van der Waals surface area contributed by atoms with E-state index in [9.17, 15) is 4.39 Å². The van der Waals surface area contributed by atoms with Gasteiger partial charge in [-0.25, -0.2) is 19.3 Å². The third-order valence-electron chi connectivity index (χ3n) is 3.54. The number of nitrogens with zero attached hydrogens (tertiary/aromatic N) is 3. The van der Waals surface area contributed by atoms with Gasteiger partial charge in [0.15, 0.2) is 5.82 Å². The molecule has 2 aromatic rings. The Labute approximate surface area is 110 Å². The Kier molecular flexibility index (Phi) is 3.21. The maximum absolute atomic E-state index is 12.8. The SMILES string of the molecule is NCC1CCc2nc(-c3ccc(F)cn3)ncc2C1. The first kappa shape index (κ1) is 12.2. The van der Waals surface area contributed by atoms with Gasteiger partial charge in [-0.15, -0.1) is 0 Å². The van der Waals surface area contributed by atoms with Gasteiger partial charge in [0.25, 0.3) is 0 Å². The number of halogens is 1. The highest BCUT2D eigenvalue weighted by molar-refractivity contribution is 5.49. The van der Waals surface area contributed by atoms with Crippen molar-refractivity contribution in [3.63, 3.8) is 0 Å². The van der Waals surface area contributed by atoms with Crippen molar-refractivity contribution >= 4 is 0 Å². The number of rotatable bonds is 2. The van der Waals surface area contributed by atoms with Crippen LogP contribution >= 0.6 is 0 Å². The molecule has 2 aromatic heterocycles. The van der Waals surface area contributed by atoms with E-state index < -0.39 is 0 Å². The van der Waals surface area contributed by atoms with E-state index in [0.29, 0.717) is 24.0 Å². The van der Waals surface area contributed by atoms with Crippen LogP contribution in [0.1, 0.15) is 17.7 Å². The zero-order chi connectivity index (χ0) is 13.2. The average Bonchev–Trinajstić information content (AvgIpc) is 2.47. The molecule has 0 saturated heterocycles. The molecule has 1 atom stereocenters. The summed E-state index contributed by atoms with van der Waals surface area (Å²) >= 11 is 0. The molecule has 5 heteroatoms. The van der Waals surface area contributed by atoms with Crippen molar-refractivity contribution in [2.45, 2.75) is 19.3 Å². The fourth-order valence-electron chi connectivity index (χ4n) is 2.42. The van der Waals surface area contributed by atoms with E-state index in [1.165, 1.54) is 17.8 Å². The molecule has 0 aromatic carbocycles. The number of hydrogen-bond acceptors (Lipinski definition) is 4. The van der Waals surface area contributed by atoms with Gasteiger partial charge in [0, 0.05) is 11.9 Å². The highest BCUT2D eigenvalue weighted by Crippen LogP contribution is 2.24. The maximum atomic E-state index is 12.8. The molecule has 0 saturated carbocycles. The fraction of sp³-hybridized carbons (Fsp3) is 0.357. The van der Waals surface area contributed by atoms with Crippen LogP contribution < -0.4 is 5.73 Å². The Bertz CT molecular complexity index is 582. The second-order valence-corrected chi connectivity index (χ2v) is 4.87. The zero-order valence-electron chi connectivity index (χ0n) is 10.5. The smallest absolute Gasteiger partial charge is 0.178 e. The van der Waals surface area contributed by atoms with Crippen LogP contribution in [0.5, 0.6) is 0 Å². The summed E-state index contributed by atoms with van der Waals surface area (Å²) in [5, 5.41) is 0. The van der Waals surface area contributed by atoms with Crippen LogP contribution in [0.3, 0.4) is 0 Å². The number of aromatic nitrogens is 3. The largest absolute Gasteiger partial charge is 0.330 e. The average molecular weight is 258 g/mol. The topological polar surface area (TPSA) is 64.7 Å². The number of hydrogen-bond donors (Lipinski definition) is 1. The van der Waals surface area contributed by atoms with Gasteiger partial charge < -0.3 is 5.73 Å². The highest BCUT2D eigenvalue weighted by atomic mass is 19.1. The second kappa shape index (κ2) is 5.01. The normalized spacial score (nSPS) is 18.1. The van der Waals surface area contributed by atoms with Crippen molar-refractivity contribution in [1.82, 2.24) is 15.0 Å². The molecule has 0 spiro atoms. The molecule has 1 aliphatic carbocycles. The number of fused-ring (bicyclic) bond motifs is 1. The monoisotopic (exact) mass is 258 g/mol. The molecule has 2 heterocycles. The second-order valence-electron chi connectivity index (χ2n) is 4.87. The molecule has 0 aliphatic heterocycles. The summed E-state index contributed by atoms with van der Waals surface area (Å²) in [6.45, 7) is 0.709. The van der Waals surface area contributed by atoms with Crippen molar-refractivity contribution in [2.24, 2.45) is 11.7 Å². The minimum absolute atomic E-state index is 0.354. The Morgan fingerprint density at radius 2 is 2.16 bits per heavy atom. The Hall–Kier alpha value is -1.88. The van der Waals surface area contributed by atoms with Crippen molar-refractivity contribution in [2.75, 3.05) is 6.54 Å². The van der Waals surface area contributed by atoms with Crippen molar-refractivity contribution in [3.8, 4) is 11.5 Å². The van der Waals surface area contributed by atoms with Crippen molar-refractivity contribution in [3.05, 3.63) is 41.6 Å². The first-order valence-electron chi connectivity index (χ1n) is 6.43. The van der Waals surface area contributed by atoms with Gasteiger partial charge >= 0.3 is 0 Å². The highest BCUT2D eigenvalue weighted by Gasteiger charge is 2.19. The van der Waals surface area contributed by atoms with Crippen molar-refractivity contribution < 1.29 is 4.39 Å². The molecular weight excluding hydrogens is 243 g/mol. The van der Waals surface area contributed by atoms with E-state index in [-0.39, 0.29) is 5.82 Å². The van der Waals surface area contributed by atoms with Crippen LogP contribution in [-0.4, -0.2) is 21.5 Å². The number of nitrogens with two attached hydrogens (primary N) is 1. The van der Waals surface area contributed by atoms with Crippen LogP contribution in [0.4, 0.5) is 4.39 Å².